The van der Waals surface area contributed by atoms with E-state index in [-0.39, 0.29) is 6.42 Å². The number of aliphatic carboxylic acids is 1. The number of carboxylic acid groups (broad SMARTS) is 1. The average Bonchev–Trinajstić information content (AvgIpc) is 3.27. The quantitative estimate of drug-likeness (QED) is 0.120. The summed E-state index contributed by atoms with van der Waals surface area (Å²) in [5, 5.41) is 16.4. The fraction of sp³-hybridized carbons (Fsp3) is 0.550. The monoisotopic (exact) mass is 496 g/mol. The molecule has 5 amide bonds. The van der Waals surface area contributed by atoms with Gasteiger partial charge in [-0.2, -0.15) is 0 Å². The lowest BCUT2D eigenvalue weighted by Gasteiger charge is -2.26. The van der Waals surface area contributed by atoms with E-state index in [9.17, 15) is 33.9 Å². The van der Waals surface area contributed by atoms with Crippen molar-refractivity contribution in [1.29, 1.82) is 0 Å². The lowest BCUT2D eigenvalue weighted by Crippen LogP contribution is -2.59. The van der Waals surface area contributed by atoms with Crippen molar-refractivity contribution in [2.75, 3.05) is 0 Å². The average molecular weight is 497 g/mol. The molecule has 5 atom stereocenters. The van der Waals surface area contributed by atoms with Crippen LogP contribution in [0.5, 0.6) is 0 Å². The minimum absolute atomic E-state index is 0.115. The molecule has 0 aliphatic carbocycles. The molecule has 15 heteroatoms. The number of carboxylic acids is 1. The van der Waals surface area contributed by atoms with Crippen LogP contribution in [0.2, 0.25) is 0 Å². The maximum Gasteiger partial charge on any atom is 0.326 e. The van der Waals surface area contributed by atoms with Gasteiger partial charge in [0.2, 0.25) is 29.5 Å². The highest BCUT2D eigenvalue weighted by Gasteiger charge is 2.33. The molecular weight excluding hydrogens is 464 g/mol. The Balaban J connectivity index is 3.09. The van der Waals surface area contributed by atoms with Gasteiger partial charge in [0.15, 0.2) is 0 Å². The van der Waals surface area contributed by atoms with Crippen LogP contribution in [0.15, 0.2) is 12.5 Å². The molecule has 1 rings (SSSR count). The van der Waals surface area contributed by atoms with Gasteiger partial charge in [0.25, 0.3) is 0 Å². The Morgan fingerprint density at radius 2 is 1.54 bits per heavy atom. The summed E-state index contributed by atoms with van der Waals surface area (Å²) in [6.45, 7) is 3.35. The summed E-state index contributed by atoms with van der Waals surface area (Å²) >= 11 is 0. The van der Waals surface area contributed by atoms with E-state index in [2.05, 4.69) is 25.9 Å². The maximum atomic E-state index is 13.0. The van der Waals surface area contributed by atoms with Crippen LogP contribution >= 0.6 is 0 Å². The summed E-state index contributed by atoms with van der Waals surface area (Å²) < 4.78 is 0. The Kier molecular flexibility index (Phi) is 11.3. The Labute approximate surface area is 200 Å². The van der Waals surface area contributed by atoms with E-state index in [0.717, 1.165) is 0 Å². The number of nitrogens with one attached hydrogen (secondary N) is 4. The number of imidazole rings is 1. The van der Waals surface area contributed by atoms with Gasteiger partial charge in [-0.15, -0.1) is 0 Å². The smallest absolute Gasteiger partial charge is 0.326 e. The number of primary amides is 2. The Morgan fingerprint density at radius 3 is 2.03 bits per heavy atom. The van der Waals surface area contributed by atoms with E-state index in [1.54, 1.807) is 13.8 Å². The van der Waals surface area contributed by atoms with Gasteiger partial charge in [0.05, 0.1) is 25.2 Å². The number of hydrogen-bond acceptors (Lipinski definition) is 8. The summed E-state index contributed by atoms with van der Waals surface area (Å²) in [5.41, 5.74) is 16.3. The van der Waals surface area contributed by atoms with Gasteiger partial charge < -0.3 is 43.2 Å². The second kappa shape index (κ2) is 13.6. The first-order valence-electron chi connectivity index (χ1n) is 10.8. The van der Waals surface area contributed by atoms with Gasteiger partial charge in [-0.1, -0.05) is 20.3 Å². The second-order valence-electron chi connectivity index (χ2n) is 8.06. The zero-order valence-corrected chi connectivity index (χ0v) is 19.4. The third kappa shape index (κ3) is 9.79. The Bertz CT molecular complexity index is 921. The summed E-state index contributed by atoms with van der Waals surface area (Å²) in [6, 6.07) is -5.44. The van der Waals surface area contributed by atoms with Gasteiger partial charge in [-0.25, -0.2) is 9.78 Å². The van der Waals surface area contributed by atoms with E-state index >= 15 is 0 Å². The van der Waals surface area contributed by atoms with Crippen molar-refractivity contribution in [3.05, 3.63) is 18.2 Å². The normalized spacial score (nSPS) is 15.1. The van der Waals surface area contributed by atoms with E-state index in [4.69, 9.17) is 17.2 Å². The topological polar surface area (TPSA) is 265 Å². The third-order valence-electron chi connectivity index (χ3n) is 5.18. The molecule has 0 spiro atoms. The fourth-order valence-corrected chi connectivity index (χ4v) is 3.03. The lowest BCUT2D eigenvalue weighted by atomic mass is 9.98. The van der Waals surface area contributed by atoms with Crippen molar-refractivity contribution in [1.82, 2.24) is 25.9 Å². The summed E-state index contributed by atoms with van der Waals surface area (Å²) in [5.74, 6) is -6.18. The highest BCUT2D eigenvalue weighted by atomic mass is 16.4. The van der Waals surface area contributed by atoms with Crippen LogP contribution in [-0.4, -0.2) is 74.7 Å². The van der Waals surface area contributed by atoms with Crippen molar-refractivity contribution < 1.29 is 33.9 Å². The molecule has 15 nitrogen and oxygen atoms in total. The van der Waals surface area contributed by atoms with Crippen molar-refractivity contribution in [3.8, 4) is 0 Å². The molecule has 0 fully saturated rings. The van der Waals surface area contributed by atoms with Gasteiger partial charge in [-0.05, 0) is 5.92 Å². The highest BCUT2D eigenvalue weighted by Crippen LogP contribution is 2.09. The largest absolute Gasteiger partial charge is 0.480 e. The molecule has 1 aromatic heterocycles. The van der Waals surface area contributed by atoms with Crippen LogP contribution in [0, 0.1) is 5.92 Å². The molecule has 0 aliphatic rings. The van der Waals surface area contributed by atoms with Crippen molar-refractivity contribution >= 4 is 35.5 Å². The molecule has 35 heavy (non-hydrogen) atoms. The molecule has 0 aromatic carbocycles. The molecule has 1 heterocycles. The fourth-order valence-electron chi connectivity index (χ4n) is 3.03. The molecule has 1 aromatic rings. The molecular formula is C20H32N8O7. The van der Waals surface area contributed by atoms with Crippen LogP contribution in [0.1, 0.15) is 38.8 Å². The van der Waals surface area contributed by atoms with E-state index in [1.165, 1.54) is 12.5 Å². The molecule has 0 aliphatic heterocycles. The van der Waals surface area contributed by atoms with Crippen molar-refractivity contribution in [3.63, 3.8) is 0 Å². The minimum atomic E-state index is -1.52. The van der Waals surface area contributed by atoms with E-state index in [1.807, 2.05) is 0 Å². The first-order chi connectivity index (χ1) is 16.3. The Hall–Kier alpha value is -4.01. The maximum absolute atomic E-state index is 13.0. The van der Waals surface area contributed by atoms with Crippen LogP contribution in [-0.2, 0) is 35.2 Å². The number of H-pyrrole nitrogens is 1. The van der Waals surface area contributed by atoms with Crippen LogP contribution in [0.4, 0.5) is 0 Å². The molecule has 11 N–H and O–H groups in total. The molecule has 0 saturated carbocycles. The SMILES string of the molecule is CCC(C)C(NC(=O)C(CC(N)=O)NC(=O)C(Cc1cnc[nH]1)NC(=O)C(N)CC(N)=O)C(=O)O. The van der Waals surface area contributed by atoms with Crippen LogP contribution < -0.4 is 33.2 Å². The number of carbonyl (C=O) groups excluding carboxylic acids is 5. The first kappa shape index (κ1) is 29.0. The zero-order chi connectivity index (χ0) is 26.7. The lowest BCUT2D eigenvalue weighted by molar-refractivity contribution is -0.144. The third-order valence-corrected chi connectivity index (χ3v) is 5.18. The number of amides is 5. The zero-order valence-electron chi connectivity index (χ0n) is 19.4. The molecule has 0 saturated heterocycles. The number of carbonyl (C=O) groups is 6. The van der Waals surface area contributed by atoms with Crippen molar-refractivity contribution in [2.45, 2.75) is 63.7 Å². The number of aromatic amines is 1. The molecule has 0 bridgehead atoms. The van der Waals surface area contributed by atoms with Gasteiger partial charge in [0.1, 0.15) is 18.1 Å². The number of nitrogens with two attached hydrogens (primary N) is 3. The highest BCUT2D eigenvalue weighted by molar-refractivity contribution is 5.96. The minimum Gasteiger partial charge on any atom is -0.480 e. The molecule has 0 radical (unpaired) electrons. The van der Waals surface area contributed by atoms with E-state index < -0.39 is 78.4 Å². The van der Waals surface area contributed by atoms with Gasteiger partial charge in [0, 0.05) is 18.3 Å². The standard InChI is InChI=1S/C20H32N8O7/c1-3-9(2)16(20(34)35)28-19(33)13(6-15(23)30)27-18(32)12(4-10-7-24-8-25-10)26-17(31)11(21)5-14(22)29/h7-9,11-13,16H,3-6,21H2,1-2H3,(H2,22,29)(H2,23,30)(H,24,25)(H,26,31)(H,27,32)(H,28,33)(H,34,35). The number of aromatic nitrogens is 2. The van der Waals surface area contributed by atoms with Crippen molar-refractivity contribution in [2.24, 2.45) is 23.1 Å². The van der Waals surface area contributed by atoms with Gasteiger partial charge >= 0.3 is 5.97 Å². The van der Waals surface area contributed by atoms with Crippen LogP contribution in [0.3, 0.4) is 0 Å². The number of hydrogen-bond donors (Lipinski definition) is 8. The summed E-state index contributed by atoms with van der Waals surface area (Å²) in [6.07, 6.45) is 1.96. The molecule has 5 unspecified atom stereocenters. The predicted octanol–water partition coefficient (Wildman–Crippen LogP) is -3.38. The number of nitrogens with zero attached hydrogens (tertiary/aromatic N) is 1. The van der Waals surface area contributed by atoms with Crippen LogP contribution in [0.25, 0.3) is 0 Å². The number of rotatable bonds is 15. The summed E-state index contributed by atoms with van der Waals surface area (Å²) in [7, 11) is 0. The first-order valence-corrected chi connectivity index (χ1v) is 10.8. The molecule has 194 valence electrons. The Morgan fingerprint density at radius 1 is 0.971 bits per heavy atom. The van der Waals surface area contributed by atoms with E-state index in [0.29, 0.717) is 12.1 Å². The predicted molar refractivity (Wildman–Crippen MR) is 121 cm³/mol. The second-order valence-corrected chi connectivity index (χ2v) is 8.06. The summed E-state index contributed by atoms with van der Waals surface area (Å²) in [4.78, 5) is 78.9. The van der Waals surface area contributed by atoms with Gasteiger partial charge in [-0.3, -0.25) is 24.0 Å².